The van der Waals surface area contributed by atoms with Gasteiger partial charge in [0.1, 0.15) is 0 Å². The number of carbonyl (C=O) groups excluding carboxylic acids is 2. The van der Waals surface area contributed by atoms with Crippen molar-refractivity contribution in [2.75, 3.05) is 12.4 Å². The largest absolute Gasteiger partial charge is 0.481 e. The number of benzene rings is 2. The molecule has 0 aliphatic carbocycles. The quantitative estimate of drug-likeness (QED) is 0.332. The van der Waals surface area contributed by atoms with Crippen molar-refractivity contribution in [2.24, 2.45) is 0 Å². The van der Waals surface area contributed by atoms with Gasteiger partial charge in [0.05, 0.1) is 24.3 Å². The van der Waals surface area contributed by atoms with Gasteiger partial charge in [-0.2, -0.15) is 5.26 Å². The number of hydrogen-bond acceptors (Lipinski definition) is 5. The maximum atomic E-state index is 13.3. The Morgan fingerprint density at radius 2 is 1.91 bits per heavy atom. The molecule has 4 rings (SSSR count). The Morgan fingerprint density at radius 3 is 2.61 bits per heavy atom. The number of fused-ring (bicyclic) bond motifs is 1. The molecular formula is C25H19ClN4O3. The van der Waals surface area contributed by atoms with Crippen molar-refractivity contribution >= 4 is 39.9 Å². The molecule has 0 fully saturated rings. The van der Waals surface area contributed by atoms with Crippen LogP contribution in [0.25, 0.3) is 10.9 Å². The Kier molecular flexibility index (Phi) is 6.11. The number of halogens is 1. The molecule has 0 atom stereocenters. The van der Waals surface area contributed by atoms with Crippen LogP contribution < -0.4 is 10.1 Å². The molecule has 0 radical (unpaired) electrons. The molecule has 2 aromatic carbocycles. The van der Waals surface area contributed by atoms with Crippen molar-refractivity contribution in [3.05, 3.63) is 88.2 Å². The first-order valence-corrected chi connectivity index (χ1v) is 10.4. The van der Waals surface area contributed by atoms with Crippen LogP contribution in [0.2, 0.25) is 5.02 Å². The first-order chi connectivity index (χ1) is 15.9. The molecular weight excluding hydrogens is 440 g/mol. The minimum absolute atomic E-state index is 0.259. The van der Waals surface area contributed by atoms with Crippen molar-refractivity contribution in [2.45, 2.75) is 13.5 Å². The lowest BCUT2D eigenvalue weighted by Crippen LogP contribution is -2.23. The Bertz CT molecular complexity index is 1420. The molecule has 0 saturated carbocycles. The van der Waals surface area contributed by atoms with E-state index in [1.807, 2.05) is 16.7 Å². The van der Waals surface area contributed by atoms with Crippen LogP contribution in [0.3, 0.4) is 0 Å². The fourth-order valence-corrected chi connectivity index (χ4v) is 3.84. The van der Waals surface area contributed by atoms with E-state index in [0.29, 0.717) is 39.8 Å². The predicted molar refractivity (Wildman–Crippen MR) is 126 cm³/mol. The Hall–Kier alpha value is -4.15. The molecule has 1 amide bonds. The van der Waals surface area contributed by atoms with Gasteiger partial charge in [-0.3, -0.25) is 9.59 Å². The van der Waals surface area contributed by atoms with Crippen LogP contribution in [-0.2, 0) is 11.3 Å². The summed E-state index contributed by atoms with van der Waals surface area (Å²) in [5, 5.41) is 13.1. The van der Waals surface area contributed by atoms with Gasteiger partial charge in [0.15, 0.2) is 0 Å². The molecule has 4 aromatic rings. The second kappa shape index (κ2) is 9.15. The zero-order valence-electron chi connectivity index (χ0n) is 17.9. The summed E-state index contributed by atoms with van der Waals surface area (Å²) in [5.41, 5.74) is 3.41. The zero-order valence-corrected chi connectivity index (χ0v) is 18.7. The van der Waals surface area contributed by atoms with E-state index < -0.39 is 11.7 Å². The highest BCUT2D eigenvalue weighted by Gasteiger charge is 2.26. The summed E-state index contributed by atoms with van der Waals surface area (Å²) in [6.45, 7) is 2.26. The van der Waals surface area contributed by atoms with E-state index in [1.54, 1.807) is 43.3 Å². The highest BCUT2D eigenvalue weighted by atomic mass is 35.5. The maximum Gasteiger partial charge on any atom is 0.296 e. The van der Waals surface area contributed by atoms with Gasteiger partial charge in [-0.15, -0.1) is 0 Å². The van der Waals surface area contributed by atoms with E-state index in [2.05, 4.69) is 16.4 Å². The summed E-state index contributed by atoms with van der Waals surface area (Å²) in [7, 11) is 1.46. The molecule has 0 aliphatic heterocycles. The number of ketones is 1. The van der Waals surface area contributed by atoms with Gasteiger partial charge in [0.2, 0.25) is 5.88 Å². The minimum Gasteiger partial charge on any atom is -0.481 e. The summed E-state index contributed by atoms with van der Waals surface area (Å²) < 4.78 is 7.02. The van der Waals surface area contributed by atoms with Crippen molar-refractivity contribution in [3.63, 3.8) is 0 Å². The van der Waals surface area contributed by atoms with Gasteiger partial charge in [0, 0.05) is 46.1 Å². The average molecular weight is 459 g/mol. The van der Waals surface area contributed by atoms with E-state index >= 15 is 0 Å². The number of nitrogens with one attached hydrogen (secondary N) is 1. The number of amides is 1. The predicted octanol–water partition coefficient (Wildman–Crippen LogP) is 4.75. The molecule has 2 aromatic heterocycles. The molecule has 0 spiro atoms. The minimum atomic E-state index is -0.792. The molecule has 0 saturated heterocycles. The van der Waals surface area contributed by atoms with Crippen LogP contribution in [0.15, 0.2) is 60.8 Å². The third-order valence-electron chi connectivity index (χ3n) is 5.34. The highest BCUT2D eigenvalue weighted by molar-refractivity contribution is 6.48. The van der Waals surface area contributed by atoms with Gasteiger partial charge in [-0.05, 0) is 48.9 Å². The third-order valence-corrected chi connectivity index (χ3v) is 5.59. The smallest absolute Gasteiger partial charge is 0.296 e. The number of rotatable bonds is 6. The van der Waals surface area contributed by atoms with E-state index in [4.69, 9.17) is 16.3 Å². The molecule has 0 aliphatic rings. The van der Waals surface area contributed by atoms with E-state index in [9.17, 15) is 14.9 Å². The number of ether oxygens (including phenoxy) is 1. The third kappa shape index (κ3) is 4.43. The van der Waals surface area contributed by atoms with Crippen LogP contribution >= 0.6 is 11.6 Å². The lowest BCUT2D eigenvalue weighted by atomic mass is 10.0. The number of hydrogen-bond donors (Lipinski definition) is 1. The molecule has 0 unspecified atom stereocenters. The van der Waals surface area contributed by atoms with Crippen LogP contribution in [-0.4, -0.2) is 28.4 Å². The van der Waals surface area contributed by atoms with Crippen LogP contribution in [0, 0.1) is 18.3 Å². The second-order valence-electron chi connectivity index (χ2n) is 7.39. The number of aromatic nitrogens is 2. The summed E-state index contributed by atoms with van der Waals surface area (Å²) in [6, 6.07) is 17.7. The second-order valence-corrected chi connectivity index (χ2v) is 7.82. The average Bonchev–Trinajstić information content (AvgIpc) is 3.10. The van der Waals surface area contributed by atoms with Crippen LogP contribution in [0.5, 0.6) is 5.88 Å². The van der Waals surface area contributed by atoms with Crippen LogP contribution in [0.4, 0.5) is 5.69 Å². The van der Waals surface area contributed by atoms with E-state index in [1.165, 1.54) is 19.4 Å². The first-order valence-electron chi connectivity index (χ1n) is 10.0. The van der Waals surface area contributed by atoms with Crippen LogP contribution in [0.1, 0.15) is 27.2 Å². The highest BCUT2D eigenvalue weighted by Crippen LogP contribution is 2.29. The lowest BCUT2D eigenvalue weighted by molar-refractivity contribution is -0.112. The first kappa shape index (κ1) is 22.1. The molecule has 1 N–H and O–H groups in total. The standard InChI is InChI=1S/C25H19ClN4O3/c1-15-23(24(31)25(32)29-19-9-10-28-22(12-19)33-2)20-11-17(13-27)5-8-21(20)30(15)14-16-3-6-18(26)7-4-16/h3-12H,14H2,1-2H3,(H,28,29,32). The number of pyridine rings is 1. The van der Waals surface area contributed by atoms with Crippen molar-refractivity contribution in [1.82, 2.24) is 9.55 Å². The molecule has 7 nitrogen and oxygen atoms in total. The van der Waals surface area contributed by atoms with E-state index in [-0.39, 0.29) is 5.56 Å². The Balaban J connectivity index is 1.76. The number of nitrogens with zero attached hydrogens (tertiary/aromatic N) is 3. The van der Waals surface area contributed by atoms with E-state index in [0.717, 1.165) is 11.1 Å². The zero-order chi connectivity index (χ0) is 23.5. The number of anilines is 1. The molecule has 2 heterocycles. The Labute approximate surface area is 195 Å². The molecule has 33 heavy (non-hydrogen) atoms. The van der Waals surface area contributed by atoms with Gasteiger partial charge in [0.25, 0.3) is 11.7 Å². The summed E-state index contributed by atoms with van der Waals surface area (Å²) in [5.74, 6) is -1.17. The summed E-state index contributed by atoms with van der Waals surface area (Å²) in [4.78, 5) is 30.1. The number of Topliss-reactive ketones (excluding diaryl/α,β-unsaturated/α-hetero) is 1. The summed E-state index contributed by atoms with van der Waals surface area (Å²) >= 11 is 6.00. The molecule has 0 bridgehead atoms. The normalized spacial score (nSPS) is 10.6. The van der Waals surface area contributed by atoms with Gasteiger partial charge in [-0.1, -0.05) is 23.7 Å². The monoisotopic (exact) mass is 458 g/mol. The van der Waals surface area contributed by atoms with Crippen molar-refractivity contribution < 1.29 is 14.3 Å². The van der Waals surface area contributed by atoms with Crippen molar-refractivity contribution in [1.29, 1.82) is 5.26 Å². The van der Waals surface area contributed by atoms with Gasteiger partial charge in [-0.25, -0.2) is 4.98 Å². The Morgan fingerprint density at radius 1 is 1.15 bits per heavy atom. The van der Waals surface area contributed by atoms with Gasteiger partial charge < -0.3 is 14.6 Å². The number of nitriles is 1. The topological polar surface area (TPSA) is 97.0 Å². The molecule has 164 valence electrons. The fourth-order valence-electron chi connectivity index (χ4n) is 3.71. The van der Waals surface area contributed by atoms with Gasteiger partial charge >= 0.3 is 0 Å². The molecule has 8 heteroatoms. The lowest BCUT2D eigenvalue weighted by Gasteiger charge is -2.09. The fraction of sp³-hybridized carbons (Fsp3) is 0.120. The SMILES string of the molecule is COc1cc(NC(=O)C(=O)c2c(C)n(Cc3ccc(Cl)cc3)c3ccc(C#N)cc23)ccn1. The summed E-state index contributed by atoms with van der Waals surface area (Å²) in [6.07, 6.45) is 1.47. The maximum absolute atomic E-state index is 13.3. The number of methoxy groups -OCH3 is 1. The van der Waals surface area contributed by atoms with Crippen molar-refractivity contribution in [3.8, 4) is 11.9 Å². The number of carbonyl (C=O) groups is 2.